The number of ether oxygens (including phenoxy) is 1. The highest BCUT2D eigenvalue weighted by Gasteiger charge is 2.21. The van der Waals surface area contributed by atoms with Crippen molar-refractivity contribution in [3.05, 3.63) is 0 Å². The van der Waals surface area contributed by atoms with Gasteiger partial charge in [0.25, 0.3) is 0 Å². The van der Waals surface area contributed by atoms with Crippen molar-refractivity contribution in [2.45, 2.75) is 79.2 Å². The summed E-state index contributed by atoms with van der Waals surface area (Å²) in [6, 6.07) is 0. The van der Waals surface area contributed by atoms with Gasteiger partial charge in [0.15, 0.2) is 0 Å². The molecule has 0 heterocycles. The average molecular weight is 202 g/mol. The maximum absolute atomic E-state index is 5.86. The summed E-state index contributed by atoms with van der Waals surface area (Å²) in [7, 11) is 0. The van der Waals surface area contributed by atoms with Crippen LogP contribution in [0.25, 0.3) is 0 Å². The van der Waals surface area contributed by atoms with E-state index in [-0.39, 0.29) is 5.60 Å². The minimum Gasteiger partial charge on any atom is -0.375 e. The summed E-state index contributed by atoms with van der Waals surface area (Å²) in [5.74, 6) is 0. The van der Waals surface area contributed by atoms with E-state index in [2.05, 4.69) is 27.7 Å². The lowest BCUT2D eigenvalue weighted by atomic mass is 9.95. The number of hydrogen-bond donors (Lipinski definition) is 0. The lowest BCUT2D eigenvalue weighted by Gasteiger charge is -2.29. The zero-order chi connectivity index (χ0) is 11.4. The van der Waals surface area contributed by atoms with Crippen LogP contribution >= 0.6 is 0 Å². The van der Waals surface area contributed by atoms with Crippen molar-refractivity contribution in [2.24, 2.45) is 0 Å². The van der Waals surface area contributed by atoms with Gasteiger partial charge in [0.1, 0.15) is 0 Å². The molecule has 14 heavy (non-hydrogen) atoms. The van der Waals surface area contributed by atoms with E-state index in [1.165, 1.54) is 25.7 Å². The van der Waals surface area contributed by atoms with Crippen LogP contribution < -0.4 is 0 Å². The van der Waals surface area contributed by atoms with Crippen molar-refractivity contribution in [1.29, 1.82) is 0 Å². The van der Waals surface area contributed by atoms with E-state index in [9.17, 15) is 0 Å². The van der Waals surface area contributed by atoms with Gasteiger partial charge in [-0.2, -0.15) is 0 Å². The molecule has 0 aliphatic carbocycles. The van der Waals surface area contributed by atoms with E-state index in [4.69, 9.17) is 4.74 Å². The first kappa shape index (κ1) is 16.4. The topological polar surface area (TPSA) is 9.23 Å². The van der Waals surface area contributed by atoms with Crippen molar-refractivity contribution in [1.82, 2.24) is 0 Å². The minimum atomic E-state index is 0.152. The predicted octanol–water partition coefficient (Wildman–Crippen LogP) is 4.80. The third-order valence-electron chi connectivity index (χ3n) is 2.21. The Morgan fingerprint density at radius 1 is 0.857 bits per heavy atom. The van der Waals surface area contributed by atoms with Gasteiger partial charge < -0.3 is 4.74 Å². The zero-order valence-corrected chi connectivity index (χ0v) is 11.2. The fraction of sp³-hybridized carbons (Fsp3) is 1.00. The molecule has 1 nitrogen and oxygen atoms in total. The van der Waals surface area contributed by atoms with Crippen molar-refractivity contribution >= 4 is 0 Å². The molecule has 0 amide bonds. The van der Waals surface area contributed by atoms with Crippen LogP contribution in [-0.4, -0.2) is 12.2 Å². The normalized spacial score (nSPS) is 10.7. The second kappa shape index (κ2) is 11.0. The van der Waals surface area contributed by atoms with Crippen molar-refractivity contribution in [3.63, 3.8) is 0 Å². The number of rotatable bonds is 7. The molecule has 0 unspecified atom stereocenters. The third-order valence-corrected chi connectivity index (χ3v) is 2.21. The fourth-order valence-electron chi connectivity index (χ4n) is 1.68. The van der Waals surface area contributed by atoms with Gasteiger partial charge in [-0.1, -0.05) is 47.5 Å². The molecule has 0 saturated heterocycles. The first-order valence-corrected chi connectivity index (χ1v) is 6.32. The molecule has 88 valence electrons. The highest BCUT2D eigenvalue weighted by atomic mass is 16.5. The van der Waals surface area contributed by atoms with Crippen LogP contribution in [0, 0.1) is 0 Å². The van der Waals surface area contributed by atoms with Gasteiger partial charge >= 0.3 is 0 Å². The van der Waals surface area contributed by atoms with Crippen molar-refractivity contribution in [3.8, 4) is 0 Å². The van der Waals surface area contributed by atoms with Crippen LogP contribution in [0.2, 0.25) is 0 Å². The Labute approximate surface area is 91.2 Å². The smallest absolute Gasteiger partial charge is 0.0654 e. The van der Waals surface area contributed by atoms with Gasteiger partial charge in [-0.25, -0.2) is 0 Å². The SMILES string of the molecule is CC.CCCOC(C)(CCC)CCC. The summed E-state index contributed by atoms with van der Waals surface area (Å²) >= 11 is 0. The van der Waals surface area contributed by atoms with Crippen LogP contribution in [0.3, 0.4) is 0 Å². The van der Waals surface area contributed by atoms with E-state index in [0.717, 1.165) is 13.0 Å². The lowest BCUT2D eigenvalue weighted by molar-refractivity contribution is -0.0441. The van der Waals surface area contributed by atoms with Crippen LogP contribution in [0.15, 0.2) is 0 Å². The van der Waals surface area contributed by atoms with Crippen LogP contribution in [0.5, 0.6) is 0 Å². The Morgan fingerprint density at radius 3 is 1.57 bits per heavy atom. The zero-order valence-electron chi connectivity index (χ0n) is 11.2. The summed E-state index contributed by atoms with van der Waals surface area (Å²) in [5.41, 5.74) is 0.152. The first-order chi connectivity index (χ1) is 6.68. The third kappa shape index (κ3) is 8.55. The number of hydrogen-bond acceptors (Lipinski definition) is 1. The molecule has 0 spiro atoms. The Bertz CT molecular complexity index is 93.4. The van der Waals surface area contributed by atoms with Crippen LogP contribution in [0.1, 0.15) is 73.6 Å². The van der Waals surface area contributed by atoms with E-state index >= 15 is 0 Å². The van der Waals surface area contributed by atoms with E-state index in [0.29, 0.717) is 0 Å². The van der Waals surface area contributed by atoms with Gasteiger partial charge in [0.05, 0.1) is 5.60 Å². The molecule has 0 aromatic heterocycles. The van der Waals surface area contributed by atoms with Gasteiger partial charge in [0.2, 0.25) is 0 Å². The second-order valence-electron chi connectivity index (χ2n) is 3.80. The quantitative estimate of drug-likeness (QED) is 0.576. The monoisotopic (exact) mass is 202 g/mol. The van der Waals surface area contributed by atoms with Crippen molar-refractivity contribution in [2.75, 3.05) is 6.61 Å². The highest BCUT2D eigenvalue weighted by Crippen LogP contribution is 2.23. The summed E-state index contributed by atoms with van der Waals surface area (Å²) in [6.07, 6.45) is 5.96. The highest BCUT2D eigenvalue weighted by molar-refractivity contribution is 4.73. The maximum atomic E-state index is 5.86. The molecule has 0 fully saturated rings. The largest absolute Gasteiger partial charge is 0.375 e. The first-order valence-electron chi connectivity index (χ1n) is 6.32. The van der Waals surface area contributed by atoms with E-state index in [1.807, 2.05) is 13.8 Å². The summed E-state index contributed by atoms with van der Waals surface area (Å²) in [6.45, 7) is 13.8. The molecule has 0 N–H and O–H groups in total. The molecule has 0 bridgehead atoms. The molecule has 0 aliphatic rings. The van der Waals surface area contributed by atoms with Gasteiger partial charge in [-0.3, -0.25) is 0 Å². The molecule has 0 atom stereocenters. The molecule has 0 radical (unpaired) electrons. The molecule has 0 aromatic carbocycles. The van der Waals surface area contributed by atoms with Crippen LogP contribution in [0.4, 0.5) is 0 Å². The van der Waals surface area contributed by atoms with Gasteiger partial charge in [-0.15, -0.1) is 0 Å². The molecular formula is C13H30O. The van der Waals surface area contributed by atoms with Gasteiger partial charge in [-0.05, 0) is 26.2 Å². The Morgan fingerprint density at radius 2 is 1.29 bits per heavy atom. The minimum absolute atomic E-state index is 0.152. The van der Waals surface area contributed by atoms with Gasteiger partial charge in [0, 0.05) is 6.61 Å². The maximum Gasteiger partial charge on any atom is 0.0654 e. The molecule has 0 aromatic rings. The predicted molar refractivity (Wildman–Crippen MR) is 65.8 cm³/mol. The van der Waals surface area contributed by atoms with E-state index < -0.39 is 0 Å². The molecule has 1 heteroatoms. The Kier molecular flexibility index (Phi) is 12.9. The summed E-state index contributed by atoms with van der Waals surface area (Å²) < 4.78 is 5.86. The molecule has 0 rings (SSSR count). The molecular weight excluding hydrogens is 172 g/mol. The fourth-order valence-corrected chi connectivity index (χ4v) is 1.68. The standard InChI is InChI=1S/C11H24O.C2H6/c1-5-8-11(4,9-6-2)12-10-7-3;1-2/h5-10H2,1-4H3;1-2H3. The average Bonchev–Trinajstić information content (AvgIpc) is 2.19. The van der Waals surface area contributed by atoms with Crippen molar-refractivity contribution < 1.29 is 4.74 Å². The van der Waals surface area contributed by atoms with E-state index in [1.54, 1.807) is 0 Å². The second-order valence-corrected chi connectivity index (χ2v) is 3.80. The Balaban J connectivity index is 0. The Hall–Kier alpha value is -0.0400. The summed E-state index contributed by atoms with van der Waals surface area (Å²) in [4.78, 5) is 0. The molecule has 0 saturated carbocycles. The molecule has 0 aliphatic heterocycles. The summed E-state index contributed by atoms with van der Waals surface area (Å²) in [5, 5.41) is 0. The lowest BCUT2D eigenvalue weighted by Crippen LogP contribution is -2.28. The van der Waals surface area contributed by atoms with Crippen LogP contribution in [-0.2, 0) is 4.74 Å².